The van der Waals surface area contributed by atoms with E-state index in [2.05, 4.69) is 39.0 Å². The molecular weight excluding hydrogens is 236 g/mol. The van der Waals surface area contributed by atoms with Gasteiger partial charge >= 0.3 is 0 Å². The van der Waals surface area contributed by atoms with Gasteiger partial charge in [0.1, 0.15) is 5.75 Å². The molecule has 1 N–H and O–H groups in total. The van der Waals surface area contributed by atoms with E-state index >= 15 is 0 Å². The number of ether oxygens (including phenoxy) is 1. The fraction of sp³-hybridized carbons (Fsp3) is 0.647. The average molecular weight is 262 g/mol. The number of hydrogen-bond acceptors (Lipinski definition) is 2. The Morgan fingerprint density at radius 2 is 2.05 bits per heavy atom. The minimum absolute atomic E-state index is 0.00487. The second kappa shape index (κ2) is 5.96. The first-order chi connectivity index (χ1) is 8.97. The highest BCUT2D eigenvalue weighted by molar-refractivity contribution is 5.39. The van der Waals surface area contributed by atoms with Crippen molar-refractivity contribution >= 4 is 0 Å². The van der Waals surface area contributed by atoms with E-state index in [-0.39, 0.29) is 11.5 Å². The van der Waals surface area contributed by atoms with Crippen molar-refractivity contribution < 1.29 is 9.84 Å². The number of fused-ring (bicyclic) bond motifs is 1. The van der Waals surface area contributed by atoms with Crippen molar-refractivity contribution in [2.45, 2.75) is 59.0 Å². The molecule has 2 rings (SSSR count). The molecule has 1 aromatic carbocycles. The smallest absolute Gasteiger partial charge is 0.122 e. The van der Waals surface area contributed by atoms with Crippen molar-refractivity contribution in [3.8, 4) is 5.75 Å². The van der Waals surface area contributed by atoms with E-state index in [9.17, 15) is 5.11 Å². The van der Waals surface area contributed by atoms with Gasteiger partial charge in [0, 0.05) is 6.42 Å². The van der Waals surface area contributed by atoms with Crippen molar-refractivity contribution in [3.05, 3.63) is 29.3 Å². The molecule has 1 aromatic rings. The summed E-state index contributed by atoms with van der Waals surface area (Å²) < 4.78 is 5.51. The Hall–Kier alpha value is -1.02. The number of rotatable bonds is 5. The molecule has 0 radical (unpaired) electrons. The summed E-state index contributed by atoms with van der Waals surface area (Å²) in [6.07, 6.45) is 5.09. The molecule has 0 amide bonds. The largest absolute Gasteiger partial charge is 0.493 e. The van der Waals surface area contributed by atoms with Gasteiger partial charge in [-0.2, -0.15) is 0 Å². The van der Waals surface area contributed by atoms with E-state index in [1.54, 1.807) is 0 Å². The molecule has 0 aliphatic carbocycles. The summed E-state index contributed by atoms with van der Waals surface area (Å²) in [5.74, 6) is 1.06. The predicted octanol–water partition coefficient (Wildman–Crippen LogP) is 3.74. The van der Waals surface area contributed by atoms with Crippen molar-refractivity contribution in [2.75, 3.05) is 6.61 Å². The van der Waals surface area contributed by atoms with Crippen LogP contribution in [0.1, 0.15) is 51.2 Å². The van der Waals surface area contributed by atoms with E-state index in [0.29, 0.717) is 0 Å². The number of benzene rings is 1. The molecule has 1 aliphatic heterocycles. The zero-order valence-corrected chi connectivity index (χ0v) is 12.4. The second-order valence-corrected chi connectivity index (χ2v) is 6.67. The fourth-order valence-electron chi connectivity index (χ4n) is 2.50. The Morgan fingerprint density at radius 3 is 2.79 bits per heavy atom. The van der Waals surface area contributed by atoms with Crippen LogP contribution < -0.4 is 4.74 Å². The van der Waals surface area contributed by atoms with Crippen molar-refractivity contribution in [1.82, 2.24) is 0 Å². The Labute approximate surface area is 116 Å². The third-order valence-electron chi connectivity index (χ3n) is 3.95. The van der Waals surface area contributed by atoms with Crippen LogP contribution >= 0.6 is 0 Å². The van der Waals surface area contributed by atoms with E-state index in [4.69, 9.17) is 4.74 Å². The van der Waals surface area contributed by atoms with Crippen LogP contribution in [0.2, 0.25) is 0 Å². The molecule has 1 aliphatic rings. The molecule has 106 valence electrons. The highest BCUT2D eigenvalue weighted by Crippen LogP contribution is 2.27. The first-order valence-corrected chi connectivity index (χ1v) is 7.39. The van der Waals surface area contributed by atoms with E-state index in [1.165, 1.54) is 11.1 Å². The molecule has 1 atom stereocenters. The Balaban J connectivity index is 1.74. The molecule has 0 saturated carbocycles. The summed E-state index contributed by atoms with van der Waals surface area (Å²) >= 11 is 0. The molecule has 1 heterocycles. The third kappa shape index (κ3) is 3.97. The van der Waals surface area contributed by atoms with Gasteiger partial charge in [-0.15, -0.1) is 0 Å². The Morgan fingerprint density at radius 1 is 1.26 bits per heavy atom. The second-order valence-electron chi connectivity index (χ2n) is 6.67. The van der Waals surface area contributed by atoms with Gasteiger partial charge in [0.15, 0.2) is 0 Å². The number of aliphatic hydroxyl groups is 1. The van der Waals surface area contributed by atoms with Gasteiger partial charge in [0.25, 0.3) is 0 Å². The lowest BCUT2D eigenvalue weighted by atomic mass is 9.86. The van der Waals surface area contributed by atoms with E-state index in [0.717, 1.165) is 44.5 Å². The number of hydrogen-bond donors (Lipinski definition) is 1. The zero-order chi connectivity index (χ0) is 13.9. The SMILES string of the molecule is CC(C)(C)C(O)CCCCc1ccc2c(c1)CCO2. The third-order valence-corrected chi connectivity index (χ3v) is 3.95. The molecule has 2 heteroatoms. The van der Waals surface area contributed by atoms with Gasteiger partial charge in [-0.05, 0) is 41.9 Å². The quantitative estimate of drug-likeness (QED) is 0.819. The molecule has 1 unspecified atom stereocenters. The first-order valence-electron chi connectivity index (χ1n) is 7.39. The maximum Gasteiger partial charge on any atom is 0.122 e. The first kappa shape index (κ1) is 14.4. The lowest BCUT2D eigenvalue weighted by Crippen LogP contribution is -2.25. The van der Waals surface area contributed by atoms with E-state index in [1.807, 2.05) is 0 Å². The number of aliphatic hydroxyl groups excluding tert-OH is 1. The standard InChI is InChI=1S/C17H26O2/c1-17(2,3)16(18)7-5-4-6-13-8-9-15-14(12-13)10-11-19-15/h8-9,12,16,18H,4-7,10-11H2,1-3H3. The van der Waals surface area contributed by atoms with Gasteiger partial charge in [0.2, 0.25) is 0 Å². The molecular formula is C17H26O2. The summed E-state index contributed by atoms with van der Waals surface area (Å²) in [4.78, 5) is 0. The maximum atomic E-state index is 9.99. The summed E-state index contributed by atoms with van der Waals surface area (Å²) in [5, 5.41) is 9.99. The van der Waals surface area contributed by atoms with Crippen molar-refractivity contribution in [3.63, 3.8) is 0 Å². The van der Waals surface area contributed by atoms with Crippen molar-refractivity contribution in [1.29, 1.82) is 0 Å². The van der Waals surface area contributed by atoms with Crippen LogP contribution in [0, 0.1) is 5.41 Å². The van der Waals surface area contributed by atoms with Gasteiger partial charge in [-0.25, -0.2) is 0 Å². The van der Waals surface area contributed by atoms with Crippen LogP contribution in [-0.4, -0.2) is 17.8 Å². The molecule has 0 spiro atoms. The summed E-state index contributed by atoms with van der Waals surface area (Å²) in [5.41, 5.74) is 2.76. The molecule has 0 bridgehead atoms. The van der Waals surface area contributed by atoms with Crippen molar-refractivity contribution in [2.24, 2.45) is 5.41 Å². The molecule has 19 heavy (non-hydrogen) atoms. The minimum Gasteiger partial charge on any atom is -0.493 e. The molecule has 0 saturated heterocycles. The summed E-state index contributed by atoms with van der Waals surface area (Å²) in [6, 6.07) is 6.55. The Bertz CT molecular complexity index is 418. The van der Waals surface area contributed by atoms with Crippen LogP contribution in [0.5, 0.6) is 5.75 Å². The monoisotopic (exact) mass is 262 g/mol. The number of aryl methyl sites for hydroxylation is 1. The van der Waals surface area contributed by atoms with Crippen LogP contribution in [0.3, 0.4) is 0 Å². The molecule has 2 nitrogen and oxygen atoms in total. The van der Waals surface area contributed by atoms with Crippen LogP contribution in [0.25, 0.3) is 0 Å². The molecule has 0 aromatic heterocycles. The lowest BCUT2D eigenvalue weighted by Gasteiger charge is -2.25. The van der Waals surface area contributed by atoms with Gasteiger partial charge in [-0.1, -0.05) is 39.3 Å². The van der Waals surface area contributed by atoms with E-state index < -0.39 is 0 Å². The predicted molar refractivity (Wildman–Crippen MR) is 78.7 cm³/mol. The maximum absolute atomic E-state index is 9.99. The van der Waals surface area contributed by atoms with Crippen LogP contribution in [0.15, 0.2) is 18.2 Å². The number of unbranched alkanes of at least 4 members (excludes halogenated alkanes) is 1. The van der Waals surface area contributed by atoms with Gasteiger partial charge < -0.3 is 9.84 Å². The minimum atomic E-state index is -0.194. The fourth-order valence-corrected chi connectivity index (χ4v) is 2.50. The highest BCUT2D eigenvalue weighted by Gasteiger charge is 2.21. The normalized spacial score (nSPS) is 16.0. The van der Waals surface area contributed by atoms with Crippen LogP contribution in [-0.2, 0) is 12.8 Å². The molecule has 0 fully saturated rings. The average Bonchev–Trinajstić information content (AvgIpc) is 2.80. The lowest BCUT2D eigenvalue weighted by molar-refractivity contribution is 0.0535. The van der Waals surface area contributed by atoms with Gasteiger partial charge in [0.05, 0.1) is 12.7 Å². The topological polar surface area (TPSA) is 29.5 Å². The highest BCUT2D eigenvalue weighted by atomic mass is 16.5. The van der Waals surface area contributed by atoms with Gasteiger partial charge in [-0.3, -0.25) is 0 Å². The zero-order valence-electron chi connectivity index (χ0n) is 12.4. The Kier molecular flexibility index (Phi) is 4.51. The summed E-state index contributed by atoms with van der Waals surface area (Å²) in [7, 11) is 0. The summed E-state index contributed by atoms with van der Waals surface area (Å²) in [6.45, 7) is 7.12. The van der Waals surface area contributed by atoms with Crippen LogP contribution in [0.4, 0.5) is 0 Å².